The molecule has 0 saturated carbocycles. The number of nitrogens with zero attached hydrogens (tertiary/aromatic N) is 3. The van der Waals surface area contributed by atoms with E-state index in [9.17, 15) is 4.79 Å². The Hall–Kier alpha value is -2.04. The highest BCUT2D eigenvalue weighted by Crippen LogP contribution is 2.39. The van der Waals surface area contributed by atoms with Gasteiger partial charge in [-0.1, -0.05) is 12.1 Å². The highest BCUT2D eigenvalue weighted by Gasteiger charge is 2.47. The number of benzene rings is 1. The topological polar surface area (TPSA) is 49.6 Å². The van der Waals surface area contributed by atoms with Crippen molar-refractivity contribution in [3.8, 4) is 0 Å². The molecule has 0 radical (unpaired) electrons. The van der Waals surface area contributed by atoms with Crippen molar-refractivity contribution in [2.45, 2.75) is 32.4 Å². The molecule has 0 aliphatic carbocycles. The van der Waals surface area contributed by atoms with Crippen molar-refractivity contribution in [3.63, 3.8) is 0 Å². The number of anilines is 1. The Morgan fingerprint density at radius 1 is 1.33 bits per heavy atom. The van der Waals surface area contributed by atoms with E-state index in [1.807, 2.05) is 29.2 Å². The molecule has 0 bridgehead atoms. The molecular weight excluding hydrogens is 266 g/mol. The molecule has 2 aliphatic heterocycles. The molecule has 2 saturated heterocycles. The molecule has 1 amide bonds. The SMILES string of the molecule is CC(=O)N1CC2CC(C)N(c3nc4ccccc4o3)C2C1. The van der Waals surface area contributed by atoms with Gasteiger partial charge in [0.15, 0.2) is 5.58 Å². The maximum atomic E-state index is 11.6. The maximum Gasteiger partial charge on any atom is 0.298 e. The zero-order valence-corrected chi connectivity index (χ0v) is 12.3. The average Bonchev–Trinajstić information content (AvgIpc) is 3.09. The Kier molecular flexibility index (Phi) is 2.71. The van der Waals surface area contributed by atoms with Crippen molar-refractivity contribution in [2.75, 3.05) is 18.0 Å². The van der Waals surface area contributed by atoms with E-state index < -0.39 is 0 Å². The fraction of sp³-hybridized carbons (Fsp3) is 0.500. The summed E-state index contributed by atoms with van der Waals surface area (Å²) in [5, 5.41) is 0. The molecule has 2 fully saturated rings. The summed E-state index contributed by atoms with van der Waals surface area (Å²) in [5.41, 5.74) is 1.72. The largest absolute Gasteiger partial charge is 0.423 e. The van der Waals surface area contributed by atoms with E-state index in [4.69, 9.17) is 4.42 Å². The van der Waals surface area contributed by atoms with E-state index in [-0.39, 0.29) is 5.91 Å². The lowest BCUT2D eigenvalue weighted by Crippen LogP contribution is -2.40. The number of para-hydroxylation sites is 2. The van der Waals surface area contributed by atoms with Crippen molar-refractivity contribution < 1.29 is 9.21 Å². The predicted molar refractivity (Wildman–Crippen MR) is 80.1 cm³/mol. The minimum atomic E-state index is 0.162. The third-order valence-electron chi connectivity index (χ3n) is 4.83. The van der Waals surface area contributed by atoms with Gasteiger partial charge in [-0.3, -0.25) is 4.79 Å². The number of amides is 1. The van der Waals surface area contributed by atoms with Crippen LogP contribution in [-0.2, 0) is 4.79 Å². The van der Waals surface area contributed by atoms with Gasteiger partial charge < -0.3 is 14.2 Å². The Labute approximate surface area is 123 Å². The van der Waals surface area contributed by atoms with Crippen molar-refractivity contribution in [1.82, 2.24) is 9.88 Å². The van der Waals surface area contributed by atoms with Gasteiger partial charge >= 0.3 is 0 Å². The Morgan fingerprint density at radius 3 is 2.90 bits per heavy atom. The van der Waals surface area contributed by atoms with Crippen LogP contribution in [0.3, 0.4) is 0 Å². The van der Waals surface area contributed by atoms with E-state index in [1.165, 1.54) is 0 Å². The fourth-order valence-electron chi connectivity index (χ4n) is 3.84. The molecule has 21 heavy (non-hydrogen) atoms. The van der Waals surface area contributed by atoms with E-state index in [0.717, 1.165) is 30.6 Å². The standard InChI is InChI=1S/C16H19N3O2/c1-10-7-12-8-18(11(2)20)9-14(12)19(10)16-17-13-5-3-4-6-15(13)21-16/h3-6,10,12,14H,7-9H2,1-2H3. The monoisotopic (exact) mass is 285 g/mol. The molecule has 2 aliphatic rings. The van der Waals surface area contributed by atoms with Crippen LogP contribution in [0.4, 0.5) is 6.01 Å². The minimum Gasteiger partial charge on any atom is -0.423 e. The molecule has 1 aromatic carbocycles. The summed E-state index contributed by atoms with van der Waals surface area (Å²) in [4.78, 5) is 20.5. The lowest BCUT2D eigenvalue weighted by atomic mass is 10.0. The van der Waals surface area contributed by atoms with Gasteiger partial charge in [0, 0.05) is 32.0 Å². The third kappa shape index (κ3) is 1.91. The number of fused-ring (bicyclic) bond motifs is 2. The second kappa shape index (κ2) is 4.48. The number of oxazole rings is 1. The molecule has 3 atom stereocenters. The molecule has 5 nitrogen and oxygen atoms in total. The van der Waals surface area contributed by atoms with Gasteiger partial charge in [0.05, 0.1) is 6.04 Å². The summed E-state index contributed by atoms with van der Waals surface area (Å²) >= 11 is 0. The predicted octanol–water partition coefficient (Wildman–Crippen LogP) is 2.27. The molecule has 110 valence electrons. The summed E-state index contributed by atoms with van der Waals surface area (Å²) in [5.74, 6) is 0.688. The number of rotatable bonds is 1. The zero-order chi connectivity index (χ0) is 14.6. The average molecular weight is 285 g/mol. The summed E-state index contributed by atoms with van der Waals surface area (Å²) in [7, 11) is 0. The van der Waals surface area contributed by atoms with Gasteiger partial charge in [0.25, 0.3) is 6.01 Å². The van der Waals surface area contributed by atoms with E-state index >= 15 is 0 Å². The van der Waals surface area contributed by atoms with Crippen molar-refractivity contribution >= 4 is 23.0 Å². The third-order valence-corrected chi connectivity index (χ3v) is 4.83. The van der Waals surface area contributed by atoms with Gasteiger partial charge in [0.2, 0.25) is 5.91 Å². The maximum absolute atomic E-state index is 11.6. The van der Waals surface area contributed by atoms with E-state index in [2.05, 4.69) is 16.8 Å². The van der Waals surface area contributed by atoms with Crippen LogP contribution in [0, 0.1) is 5.92 Å². The van der Waals surface area contributed by atoms with Crippen LogP contribution in [0.5, 0.6) is 0 Å². The van der Waals surface area contributed by atoms with Crippen molar-refractivity contribution in [2.24, 2.45) is 5.92 Å². The van der Waals surface area contributed by atoms with Crippen LogP contribution in [0.25, 0.3) is 11.1 Å². The molecule has 3 unspecified atom stereocenters. The lowest BCUT2D eigenvalue weighted by molar-refractivity contribution is -0.128. The van der Waals surface area contributed by atoms with Gasteiger partial charge in [-0.25, -0.2) is 0 Å². The smallest absolute Gasteiger partial charge is 0.298 e. The molecule has 4 rings (SSSR count). The zero-order valence-electron chi connectivity index (χ0n) is 12.3. The van der Waals surface area contributed by atoms with Crippen LogP contribution < -0.4 is 4.90 Å². The summed E-state index contributed by atoms with van der Waals surface area (Å²) in [6.45, 7) is 5.50. The Morgan fingerprint density at radius 2 is 2.14 bits per heavy atom. The van der Waals surface area contributed by atoms with Crippen LogP contribution in [0.15, 0.2) is 28.7 Å². The first-order chi connectivity index (χ1) is 10.1. The highest BCUT2D eigenvalue weighted by atomic mass is 16.4. The second-order valence-corrected chi connectivity index (χ2v) is 6.21. The number of aromatic nitrogens is 1. The van der Waals surface area contributed by atoms with Crippen LogP contribution in [0.1, 0.15) is 20.3 Å². The quantitative estimate of drug-likeness (QED) is 0.806. The summed E-state index contributed by atoms with van der Waals surface area (Å²) in [6, 6.07) is 9.27. The number of likely N-dealkylation sites (tertiary alicyclic amines) is 1. The Balaban J connectivity index is 1.68. The highest BCUT2D eigenvalue weighted by molar-refractivity contribution is 5.75. The van der Waals surface area contributed by atoms with Crippen LogP contribution >= 0.6 is 0 Å². The second-order valence-electron chi connectivity index (χ2n) is 6.21. The number of hydrogen-bond donors (Lipinski definition) is 0. The minimum absolute atomic E-state index is 0.162. The first-order valence-corrected chi connectivity index (χ1v) is 7.53. The van der Waals surface area contributed by atoms with E-state index in [0.29, 0.717) is 24.0 Å². The summed E-state index contributed by atoms with van der Waals surface area (Å²) in [6.07, 6.45) is 1.09. The number of carbonyl (C=O) groups excluding carboxylic acids is 1. The normalized spacial score (nSPS) is 28.4. The van der Waals surface area contributed by atoms with Crippen LogP contribution in [0.2, 0.25) is 0 Å². The van der Waals surface area contributed by atoms with Gasteiger partial charge in [0.1, 0.15) is 5.52 Å². The first-order valence-electron chi connectivity index (χ1n) is 7.53. The van der Waals surface area contributed by atoms with E-state index in [1.54, 1.807) is 6.92 Å². The molecule has 0 N–H and O–H groups in total. The molecule has 3 heterocycles. The molecular formula is C16H19N3O2. The van der Waals surface area contributed by atoms with Crippen LogP contribution in [-0.4, -0.2) is 41.0 Å². The van der Waals surface area contributed by atoms with Gasteiger partial charge in [-0.15, -0.1) is 0 Å². The fourth-order valence-corrected chi connectivity index (χ4v) is 3.84. The summed E-state index contributed by atoms with van der Waals surface area (Å²) < 4.78 is 5.94. The lowest BCUT2D eigenvalue weighted by Gasteiger charge is -2.26. The van der Waals surface area contributed by atoms with Crippen molar-refractivity contribution in [3.05, 3.63) is 24.3 Å². The number of hydrogen-bond acceptors (Lipinski definition) is 4. The van der Waals surface area contributed by atoms with Crippen molar-refractivity contribution in [1.29, 1.82) is 0 Å². The first kappa shape index (κ1) is 12.7. The molecule has 2 aromatic rings. The number of carbonyl (C=O) groups is 1. The molecule has 0 spiro atoms. The molecule has 5 heteroatoms. The molecule has 1 aromatic heterocycles. The van der Waals surface area contributed by atoms with Gasteiger partial charge in [-0.2, -0.15) is 4.98 Å². The van der Waals surface area contributed by atoms with Gasteiger partial charge in [-0.05, 0) is 25.5 Å². The Bertz CT molecular complexity index is 663.